The number of nitrogens with two attached hydrogens (primary N) is 1. The zero-order valence-corrected chi connectivity index (χ0v) is 9.55. The molecule has 0 saturated carbocycles. The number of ether oxygens (including phenoxy) is 1. The van der Waals surface area contributed by atoms with Crippen LogP contribution < -0.4 is 5.73 Å². The van der Waals surface area contributed by atoms with Crippen LogP contribution in [0.1, 0.15) is 23.1 Å². The Balaban J connectivity index is 2.16. The van der Waals surface area contributed by atoms with Crippen LogP contribution in [0, 0.1) is 13.8 Å². The van der Waals surface area contributed by atoms with E-state index in [0.717, 1.165) is 19.4 Å². The minimum absolute atomic E-state index is 0.139. The van der Waals surface area contributed by atoms with Gasteiger partial charge in [0.1, 0.15) is 0 Å². The topological polar surface area (TPSA) is 35.2 Å². The highest BCUT2D eigenvalue weighted by atomic mass is 16.5. The Hall–Kier alpha value is -0.860. The number of benzene rings is 1. The van der Waals surface area contributed by atoms with Crippen LogP contribution in [-0.4, -0.2) is 18.8 Å². The van der Waals surface area contributed by atoms with Gasteiger partial charge in [-0.25, -0.2) is 0 Å². The molecule has 2 nitrogen and oxygen atoms in total. The standard InChI is InChI=1S/C13H19NO/c1-10-5-11(2)7-12(6-10)8-13(14)3-4-15-9-13/h5-7H,3-4,8-9,14H2,1-2H3. The van der Waals surface area contributed by atoms with Crippen LogP contribution >= 0.6 is 0 Å². The van der Waals surface area contributed by atoms with Crippen molar-refractivity contribution in [1.82, 2.24) is 0 Å². The van der Waals surface area contributed by atoms with E-state index in [4.69, 9.17) is 10.5 Å². The van der Waals surface area contributed by atoms with E-state index in [1.165, 1.54) is 16.7 Å². The fourth-order valence-electron chi connectivity index (χ4n) is 2.34. The van der Waals surface area contributed by atoms with Gasteiger partial charge in [-0.2, -0.15) is 0 Å². The molecule has 0 amide bonds. The summed E-state index contributed by atoms with van der Waals surface area (Å²) in [6, 6.07) is 6.64. The highest BCUT2D eigenvalue weighted by molar-refractivity contribution is 5.30. The third-order valence-corrected chi connectivity index (χ3v) is 2.97. The van der Waals surface area contributed by atoms with E-state index in [2.05, 4.69) is 32.0 Å². The van der Waals surface area contributed by atoms with Crippen LogP contribution in [0.2, 0.25) is 0 Å². The highest BCUT2D eigenvalue weighted by Crippen LogP contribution is 2.22. The Morgan fingerprint density at radius 1 is 1.27 bits per heavy atom. The molecule has 2 N–H and O–H groups in total. The zero-order valence-electron chi connectivity index (χ0n) is 9.55. The average Bonchev–Trinajstić information content (AvgIpc) is 2.49. The highest BCUT2D eigenvalue weighted by Gasteiger charge is 2.30. The summed E-state index contributed by atoms with van der Waals surface area (Å²) in [6.45, 7) is 5.76. The maximum atomic E-state index is 6.27. The van der Waals surface area contributed by atoms with Crippen LogP contribution in [0.5, 0.6) is 0 Å². The molecular formula is C13H19NO. The van der Waals surface area contributed by atoms with Gasteiger partial charge >= 0.3 is 0 Å². The summed E-state index contributed by atoms with van der Waals surface area (Å²) in [5, 5.41) is 0. The molecule has 1 aromatic carbocycles. The predicted molar refractivity (Wildman–Crippen MR) is 62.0 cm³/mol. The first-order valence-electron chi connectivity index (χ1n) is 5.51. The van der Waals surface area contributed by atoms with Crippen molar-refractivity contribution in [3.05, 3.63) is 34.9 Å². The summed E-state index contributed by atoms with van der Waals surface area (Å²) in [6.07, 6.45) is 1.90. The molecule has 0 radical (unpaired) electrons. The molecule has 82 valence electrons. The molecule has 1 aromatic rings. The molecule has 0 bridgehead atoms. The van der Waals surface area contributed by atoms with Crippen LogP contribution in [0.25, 0.3) is 0 Å². The Morgan fingerprint density at radius 2 is 1.93 bits per heavy atom. The molecule has 0 aromatic heterocycles. The van der Waals surface area contributed by atoms with Crippen LogP contribution in [0.4, 0.5) is 0 Å². The predicted octanol–water partition coefficient (Wildman–Crippen LogP) is 1.96. The molecule has 0 spiro atoms. The van der Waals surface area contributed by atoms with Gasteiger partial charge in [0.2, 0.25) is 0 Å². The lowest BCUT2D eigenvalue weighted by Gasteiger charge is -2.22. The van der Waals surface area contributed by atoms with Crippen molar-refractivity contribution in [2.24, 2.45) is 5.73 Å². The van der Waals surface area contributed by atoms with Crippen LogP contribution in [0.15, 0.2) is 18.2 Å². The molecule has 1 aliphatic heterocycles. The number of rotatable bonds is 2. The molecule has 1 fully saturated rings. The van der Waals surface area contributed by atoms with E-state index in [9.17, 15) is 0 Å². The van der Waals surface area contributed by atoms with Crippen molar-refractivity contribution < 1.29 is 4.74 Å². The van der Waals surface area contributed by atoms with Gasteiger partial charge in [-0.3, -0.25) is 0 Å². The van der Waals surface area contributed by atoms with Crippen molar-refractivity contribution in [2.75, 3.05) is 13.2 Å². The zero-order chi connectivity index (χ0) is 10.9. The SMILES string of the molecule is Cc1cc(C)cc(CC2(N)CCOC2)c1. The summed E-state index contributed by atoms with van der Waals surface area (Å²) in [5.41, 5.74) is 10.1. The first-order valence-corrected chi connectivity index (χ1v) is 5.51. The number of hydrogen-bond donors (Lipinski definition) is 1. The minimum Gasteiger partial charge on any atom is -0.379 e. The third-order valence-electron chi connectivity index (χ3n) is 2.97. The van der Waals surface area contributed by atoms with E-state index in [1.807, 2.05) is 0 Å². The van der Waals surface area contributed by atoms with Crippen molar-refractivity contribution in [3.63, 3.8) is 0 Å². The van der Waals surface area contributed by atoms with Gasteiger partial charge in [-0.05, 0) is 32.3 Å². The second-order valence-corrected chi connectivity index (χ2v) is 4.84. The molecule has 15 heavy (non-hydrogen) atoms. The maximum Gasteiger partial charge on any atom is 0.0650 e. The van der Waals surface area contributed by atoms with E-state index >= 15 is 0 Å². The molecule has 1 heterocycles. The molecule has 0 aliphatic carbocycles. The lowest BCUT2D eigenvalue weighted by Crippen LogP contribution is -2.42. The van der Waals surface area contributed by atoms with E-state index in [-0.39, 0.29) is 5.54 Å². The fraction of sp³-hybridized carbons (Fsp3) is 0.538. The van der Waals surface area contributed by atoms with E-state index in [1.54, 1.807) is 0 Å². The first kappa shape index (κ1) is 10.7. The second kappa shape index (κ2) is 3.95. The van der Waals surface area contributed by atoms with E-state index in [0.29, 0.717) is 6.61 Å². The largest absolute Gasteiger partial charge is 0.379 e. The Labute approximate surface area is 91.4 Å². The molecule has 2 heteroatoms. The Kier molecular flexibility index (Phi) is 2.81. The van der Waals surface area contributed by atoms with Gasteiger partial charge in [0.25, 0.3) is 0 Å². The van der Waals surface area contributed by atoms with E-state index < -0.39 is 0 Å². The normalized spacial score (nSPS) is 25.8. The quantitative estimate of drug-likeness (QED) is 0.801. The monoisotopic (exact) mass is 205 g/mol. The first-order chi connectivity index (χ1) is 7.07. The van der Waals surface area contributed by atoms with Gasteiger partial charge in [-0.15, -0.1) is 0 Å². The van der Waals surface area contributed by atoms with Gasteiger partial charge in [-0.1, -0.05) is 29.3 Å². The molecule has 1 unspecified atom stereocenters. The molecule has 1 aliphatic rings. The fourth-order valence-corrected chi connectivity index (χ4v) is 2.34. The lowest BCUT2D eigenvalue weighted by molar-refractivity contribution is 0.178. The van der Waals surface area contributed by atoms with Gasteiger partial charge in [0, 0.05) is 12.1 Å². The smallest absolute Gasteiger partial charge is 0.0650 e. The number of hydrogen-bond acceptors (Lipinski definition) is 2. The Morgan fingerprint density at radius 3 is 2.47 bits per heavy atom. The van der Waals surface area contributed by atoms with Gasteiger partial charge in [0.15, 0.2) is 0 Å². The molecular weight excluding hydrogens is 186 g/mol. The average molecular weight is 205 g/mol. The van der Waals surface area contributed by atoms with Gasteiger partial charge in [0.05, 0.1) is 6.61 Å². The molecule has 2 rings (SSSR count). The minimum atomic E-state index is -0.139. The maximum absolute atomic E-state index is 6.27. The summed E-state index contributed by atoms with van der Waals surface area (Å²) in [5.74, 6) is 0. The summed E-state index contributed by atoms with van der Waals surface area (Å²) in [4.78, 5) is 0. The molecule has 1 atom stereocenters. The van der Waals surface area contributed by atoms with Crippen molar-refractivity contribution in [3.8, 4) is 0 Å². The Bertz CT molecular complexity index is 333. The van der Waals surface area contributed by atoms with Gasteiger partial charge < -0.3 is 10.5 Å². The summed E-state index contributed by atoms with van der Waals surface area (Å²) < 4.78 is 5.37. The summed E-state index contributed by atoms with van der Waals surface area (Å²) >= 11 is 0. The summed E-state index contributed by atoms with van der Waals surface area (Å²) in [7, 11) is 0. The van der Waals surface area contributed by atoms with Crippen molar-refractivity contribution >= 4 is 0 Å². The van der Waals surface area contributed by atoms with Crippen molar-refractivity contribution in [2.45, 2.75) is 32.2 Å². The lowest BCUT2D eigenvalue weighted by atomic mass is 9.90. The van der Waals surface area contributed by atoms with Crippen LogP contribution in [-0.2, 0) is 11.2 Å². The number of aryl methyl sites for hydroxylation is 2. The second-order valence-electron chi connectivity index (χ2n) is 4.84. The molecule has 1 saturated heterocycles. The third kappa shape index (κ3) is 2.58. The van der Waals surface area contributed by atoms with Crippen molar-refractivity contribution in [1.29, 1.82) is 0 Å². The van der Waals surface area contributed by atoms with Crippen LogP contribution in [0.3, 0.4) is 0 Å².